The second kappa shape index (κ2) is 8.91. The number of hydrogen-bond donors (Lipinski definition) is 0. The van der Waals surface area contributed by atoms with Gasteiger partial charge in [-0.1, -0.05) is 18.2 Å². The van der Waals surface area contributed by atoms with E-state index >= 15 is 0 Å². The highest BCUT2D eigenvalue weighted by atomic mass is 16.6. The molecule has 0 aliphatic rings. The Bertz CT molecular complexity index is 635. The molecular weight excluding hydrogens is 308 g/mol. The van der Waals surface area contributed by atoms with Crippen LogP contribution in [0, 0.1) is 0 Å². The van der Waals surface area contributed by atoms with E-state index in [1.165, 1.54) is 13.2 Å². The van der Waals surface area contributed by atoms with Gasteiger partial charge >= 0.3 is 11.9 Å². The third-order valence-corrected chi connectivity index (χ3v) is 2.79. The van der Waals surface area contributed by atoms with E-state index in [-0.39, 0.29) is 6.61 Å². The molecule has 1 rings (SSSR count). The first-order chi connectivity index (χ1) is 11.2. The molecule has 0 amide bonds. The summed E-state index contributed by atoms with van der Waals surface area (Å²) in [5.41, 5.74) is 0.703. The lowest BCUT2D eigenvalue weighted by molar-refractivity contribution is -0.148. The zero-order chi connectivity index (χ0) is 18.2. The molecule has 0 heterocycles. The minimum atomic E-state index is -0.523. The fourth-order valence-corrected chi connectivity index (χ4v) is 1.80. The topological polar surface area (TPSA) is 61.8 Å². The third kappa shape index (κ3) is 7.13. The van der Waals surface area contributed by atoms with Crippen LogP contribution in [0.5, 0.6) is 5.75 Å². The number of benzene rings is 1. The van der Waals surface area contributed by atoms with Gasteiger partial charge in [-0.25, -0.2) is 9.59 Å². The van der Waals surface area contributed by atoms with Crippen LogP contribution in [0.2, 0.25) is 0 Å². The molecule has 0 atom stereocenters. The van der Waals surface area contributed by atoms with Crippen LogP contribution in [-0.2, 0) is 19.1 Å². The van der Waals surface area contributed by atoms with Crippen molar-refractivity contribution in [2.24, 2.45) is 0 Å². The third-order valence-electron chi connectivity index (χ3n) is 2.79. The van der Waals surface area contributed by atoms with Crippen molar-refractivity contribution in [3.8, 4) is 5.75 Å². The highest BCUT2D eigenvalue weighted by molar-refractivity contribution is 5.93. The minimum Gasteiger partial charge on any atom is -0.489 e. The number of hydrogen-bond acceptors (Lipinski definition) is 5. The van der Waals surface area contributed by atoms with Crippen molar-refractivity contribution in [1.29, 1.82) is 0 Å². The summed E-state index contributed by atoms with van der Waals surface area (Å²) in [5, 5.41) is 0. The van der Waals surface area contributed by atoms with Crippen molar-refractivity contribution in [2.45, 2.75) is 33.3 Å². The zero-order valence-electron chi connectivity index (χ0n) is 14.8. The molecule has 0 aliphatic heterocycles. The molecule has 0 unspecified atom stereocenters. The maximum Gasteiger partial charge on any atom is 0.333 e. The summed E-state index contributed by atoms with van der Waals surface area (Å²) in [4.78, 5) is 23.0. The predicted molar refractivity (Wildman–Crippen MR) is 92.6 cm³/mol. The number of ether oxygens (including phenoxy) is 3. The molecule has 5 heteroatoms. The molecule has 0 radical (unpaired) electrons. The highest BCUT2D eigenvalue weighted by Crippen LogP contribution is 2.21. The van der Waals surface area contributed by atoms with Crippen molar-refractivity contribution < 1.29 is 23.8 Å². The quantitative estimate of drug-likeness (QED) is 0.589. The standard InChI is InChI=1S/C19H24O5/c1-14(18(21)22-5)13-15-9-6-7-10-16(15)23-12-8-11-17(20)24-19(2,3)4/h6-11,13H,12H2,1-5H3/b11-8+,14-13+. The van der Waals surface area contributed by atoms with Gasteiger partial charge in [0.2, 0.25) is 0 Å². The Balaban J connectivity index is 2.70. The Morgan fingerprint density at radius 1 is 1.17 bits per heavy atom. The molecule has 0 aromatic heterocycles. The molecule has 1 aromatic carbocycles. The Morgan fingerprint density at radius 3 is 2.46 bits per heavy atom. The smallest absolute Gasteiger partial charge is 0.333 e. The lowest BCUT2D eigenvalue weighted by Gasteiger charge is -2.17. The number of carbonyl (C=O) groups is 2. The van der Waals surface area contributed by atoms with Gasteiger partial charge in [0.15, 0.2) is 0 Å². The molecule has 0 aliphatic carbocycles. The SMILES string of the molecule is COC(=O)/C(C)=C/c1ccccc1OC/C=C/C(=O)OC(C)(C)C. The summed E-state index contributed by atoms with van der Waals surface area (Å²) in [5.74, 6) is -0.204. The minimum absolute atomic E-state index is 0.210. The zero-order valence-corrected chi connectivity index (χ0v) is 14.8. The van der Waals surface area contributed by atoms with Crippen LogP contribution in [0.1, 0.15) is 33.3 Å². The Hall–Kier alpha value is -2.56. The molecule has 0 saturated heterocycles. The van der Waals surface area contributed by atoms with Gasteiger partial charge in [0.1, 0.15) is 18.0 Å². The number of rotatable bonds is 6. The molecular formula is C19H24O5. The van der Waals surface area contributed by atoms with Gasteiger partial charge in [-0.05, 0) is 45.9 Å². The van der Waals surface area contributed by atoms with E-state index in [0.29, 0.717) is 11.3 Å². The van der Waals surface area contributed by atoms with E-state index < -0.39 is 17.5 Å². The first kappa shape index (κ1) is 19.5. The van der Waals surface area contributed by atoms with Crippen LogP contribution < -0.4 is 4.74 Å². The van der Waals surface area contributed by atoms with Crippen LogP contribution in [0.3, 0.4) is 0 Å². The summed E-state index contributed by atoms with van der Waals surface area (Å²) in [6, 6.07) is 7.30. The van der Waals surface area contributed by atoms with E-state index in [2.05, 4.69) is 4.74 Å². The number of esters is 2. The lowest BCUT2D eigenvalue weighted by Crippen LogP contribution is -2.22. The molecule has 130 valence electrons. The van der Waals surface area contributed by atoms with Crippen LogP contribution >= 0.6 is 0 Å². The van der Waals surface area contributed by atoms with Gasteiger partial charge in [-0.3, -0.25) is 0 Å². The van der Waals surface area contributed by atoms with Gasteiger partial charge in [0.25, 0.3) is 0 Å². The van der Waals surface area contributed by atoms with Crippen LogP contribution in [0.15, 0.2) is 42.0 Å². The average Bonchev–Trinajstić information content (AvgIpc) is 2.50. The molecule has 5 nitrogen and oxygen atoms in total. The van der Waals surface area contributed by atoms with Crippen molar-refractivity contribution in [3.63, 3.8) is 0 Å². The van der Waals surface area contributed by atoms with Crippen LogP contribution in [0.4, 0.5) is 0 Å². The average molecular weight is 332 g/mol. The second-order valence-electron chi connectivity index (χ2n) is 6.10. The Morgan fingerprint density at radius 2 is 1.83 bits per heavy atom. The van der Waals surface area contributed by atoms with Gasteiger partial charge in [0, 0.05) is 17.2 Å². The van der Waals surface area contributed by atoms with Crippen molar-refractivity contribution in [2.75, 3.05) is 13.7 Å². The van der Waals surface area contributed by atoms with E-state index in [1.807, 2.05) is 39.0 Å². The van der Waals surface area contributed by atoms with Crippen molar-refractivity contribution in [1.82, 2.24) is 0 Å². The van der Waals surface area contributed by atoms with Gasteiger partial charge in [0.05, 0.1) is 7.11 Å². The summed E-state index contributed by atoms with van der Waals surface area (Å²) in [6.45, 7) is 7.30. The molecule has 24 heavy (non-hydrogen) atoms. The Labute approximate surface area is 142 Å². The van der Waals surface area contributed by atoms with Gasteiger partial charge in [-0.2, -0.15) is 0 Å². The van der Waals surface area contributed by atoms with Crippen molar-refractivity contribution in [3.05, 3.63) is 47.6 Å². The van der Waals surface area contributed by atoms with E-state index in [0.717, 1.165) is 5.56 Å². The maximum absolute atomic E-state index is 11.6. The lowest BCUT2D eigenvalue weighted by atomic mass is 10.1. The number of para-hydroxylation sites is 1. The van der Waals surface area contributed by atoms with Gasteiger partial charge < -0.3 is 14.2 Å². The molecule has 0 spiro atoms. The largest absolute Gasteiger partial charge is 0.489 e. The van der Waals surface area contributed by atoms with Crippen molar-refractivity contribution >= 4 is 18.0 Å². The summed E-state index contributed by atoms with van der Waals surface area (Å²) < 4.78 is 15.5. The summed E-state index contributed by atoms with van der Waals surface area (Å²) in [6.07, 6.45) is 4.61. The first-order valence-corrected chi connectivity index (χ1v) is 7.61. The Kier molecular flexibility index (Phi) is 7.24. The van der Waals surface area contributed by atoms with Gasteiger partial charge in [-0.15, -0.1) is 0 Å². The molecule has 0 saturated carbocycles. The van der Waals surface area contributed by atoms with Crippen LogP contribution in [-0.4, -0.2) is 31.3 Å². The fraction of sp³-hybridized carbons (Fsp3) is 0.368. The van der Waals surface area contributed by atoms with Crippen LogP contribution in [0.25, 0.3) is 6.08 Å². The molecule has 0 N–H and O–H groups in total. The molecule has 0 bridgehead atoms. The second-order valence-corrected chi connectivity index (χ2v) is 6.10. The van der Waals surface area contributed by atoms with E-state index in [9.17, 15) is 9.59 Å². The molecule has 0 fully saturated rings. The number of methoxy groups -OCH3 is 1. The highest BCUT2D eigenvalue weighted by Gasteiger charge is 2.13. The summed E-state index contributed by atoms with van der Waals surface area (Å²) in [7, 11) is 1.34. The number of carbonyl (C=O) groups excluding carboxylic acids is 2. The normalized spacial score (nSPS) is 12.1. The maximum atomic E-state index is 11.6. The fourth-order valence-electron chi connectivity index (χ4n) is 1.80. The molecule has 1 aromatic rings. The van der Waals surface area contributed by atoms with E-state index in [1.54, 1.807) is 25.1 Å². The van der Waals surface area contributed by atoms with E-state index in [4.69, 9.17) is 9.47 Å². The monoisotopic (exact) mass is 332 g/mol. The first-order valence-electron chi connectivity index (χ1n) is 7.61. The summed E-state index contributed by atoms with van der Waals surface area (Å²) >= 11 is 0. The predicted octanol–water partition coefficient (Wildman–Crippen LogP) is 3.54.